The Morgan fingerprint density at radius 2 is 2.04 bits per heavy atom. The van der Waals surface area contributed by atoms with E-state index in [-0.39, 0.29) is 23.1 Å². The zero-order chi connectivity index (χ0) is 16.4. The van der Waals surface area contributed by atoms with Gasteiger partial charge in [0, 0.05) is 18.0 Å². The molecule has 23 heavy (non-hydrogen) atoms. The van der Waals surface area contributed by atoms with Crippen molar-refractivity contribution in [2.75, 3.05) is 6.54 Å². The summed E-state index contributed by atoms with van der Waals surface area (Å²) in [5.41, 5.74) is -0.594. The van der Waals surface area contributed by atoms with Crippen LogP contribution in [0.5, 0.6) is 0 Å². The van der Waals surface area contributed by atoms with Gasteiger partial charge in [0.05, 0.1) is 5.56 Å². The zero-order valence-corrected chi connectivity index (χ0v) is 12.3. The normalized spacial score (nSPS) is 22.2. The maximum Gasteiger partial charge on any atom is 0.416 e. The number of halogens is 3. The van der Waals surface area contributed by atoms with Crippen molar-refractivity contribution in [3.63, 3.8) is 0 Å². The molecule has 2 N–H and O–H groups in total. The number of nitrogens with one attached hydrogen (secondary N) is 2. The maximum absolute atomic E-state index is 13.1. The van der Waals surface area contributed by atoms with Gasteiger partial charge in [-0.3, -0.25) is 4.79 Å². The Hall–Kier alpha value is -2.02. The summed E-state index contributed by atoms with van der Waals surface area (Å²) in [6.45, 7) is 0.679. The van der Waals surface area contributed by atoms with E-state index in [9.17, 15) is 18.0 Å². The molecule has 1 aromatic heterocycles. The van der Waals surface area contributed by atoms with Gasteiger partial charge in [0.1, 0.15) is 5.76 Å². The first-order valence-corrected chi connectivity index (χ1v) is 7.50. The van der Waals surface area contributed by atoms with E-state index in [1.165, 1.54) is 18.2 Å². The van der Waals surface area contributed by atoms with Crippen molar-refractivity contribution in [1.29, 1.82) is 0 Å². The summed E-state index contributed by atoms with van der Waals surface area (Å²) in [7, 11) is 0. The molecule has 0 radical (unpaired) electrons. The first kappa shape index (κ1) is 15.9. The number of aromatic nitrogens is 1. The van der Waals surface area contributed by atoms with E-state index in [0.29, 0.717) is 25.1 Å². The van der Waals surface area contributed by atoms with Crippen LogP contribution in [0.3, 0.4) is 0 Å². The van der Waals surface area contributed by atoms with Crippen LogP contribution in [0.15, 0.2) is 39.6 Å². The number of H-pyrrole nitrogens is 1. The highest BCUT2D eigenvalue weighted by molar-refractivity contribution is 5.30. The summed E-state index contributed by atoms with van der Waals surface area (Å²) in [5.74, 6) is 0.615. The molecule has 1 aliphatic rings. The minimum absolute atomic E-state index is 0.0400. The summed E-state index contributed by atoms with van der Waals surface area (Å²) in [6.07, 6.45) is -2.63. The molecule has 4 nitrogen and oxygen atoms in total. The highest BCUT2D eigenvalue weighted by atomic mass is 19.4. The lowest BCUT2D eigenvalue weighted by atomic mass is 9.87. The lowest BCUT2D eigenvalue weighted by Crippen LogP contribution is -2.39. The second-order valence-corrected chi connectivity index (χ2v) is 5.85. The van der Waals surface area contributed by atoms with E-state index in [1.807, 2.05) is 0 Å². The van der Waals surface area contributed by atoms with Crippen molar-refractivity contribution >= 4 is 0 Å². The predicted octanol–water partition coefficient (Wildman–Crippen LogP) is 3.07. The van der Waals surface area contributed by atoms with Crippen LogP contribution in [-0.2, 0) is 12.6 Å². The molecule has 2 atom stereocenters. The molecule has 0 amide bonds. The van der Waals surface area contributed by atoms with Crippen LogP contribution in [0.25, 0.3) is 0 Å². The average Bonchev–Trinajstić information content (AvgIpc) is 2.94. The van der Waals surface area contributed by atoms with Crippen LogP contribution in [0.2, 0.25) is 0 Å². The lowest BCUT2D eigenvalue weighted by Gasteiger charge is -2.29. The van der Waals surface area contributed by atoms with Gasteiger partial charge in [-0.05, 0) is 37.4 Å². The van der Waals surface area contributed by atoms with E-state index >= 15 is 0 Å². The molecule has 1 aromatic carbocycles. The van der Waals surface area contributed by atoms with Crippen LogP contribution < -0.4 is 10.9 Å². The molecule has 1 fully saturated rings. The third-order valence-electron chi connectivity index (χ3n) is 4.23. The molecule has 2 aromatic rings. The number of benzene rings is 1. The molecule has 7 heteroatoms. The summed E-state index contributed by atoms with van der Waals surface area (Å²) in [6, 6.07) is 6.98. The fourth-order valence-corrected chi connectivity index (χ4v) is 3.16. The fourth-order valence-electron chi connectivity index (χ4n) is 3.16. The van der Waals surface area contributed by atoms with E-state index in [2.05, 4.69) is 10.5 Å². The molecule has 1 saturated heterocycles. The number of hydrogen-bond acceptors (Lipinski definition) is 3. The van der Waals surface area contributed by atoms with Crippen molar-refractivity contribution in [2.45, 2.75) is 37.4 Å². The predicted molar refractivity (Wildman–Crippen MR) is 78.2 cm³/mol. The first-order valence-electron chi connectivity index (χ1n) is 7.50. The topological polar surface area (TPSA) is 58.0 Å². The van der Waals surface area contributed by atoms with Gasteiger partial charge in [0.15, 0.2) is 0 Å². The van der Waals surface area contributed by atoms with E-state index in [0.717, 1.165) is 12.5 Å². The van der Waals surface area contributed by atoms with Crippen molar-refractivity contribution in [3.8, 4) is 0 Å². The first-order chi connectivity index (χ1) is 10.9. The molecular formula is C16H17F3N2O2. The van der Waals surface area contributed by atoms with Crippen molar-refractivity contribution in [3.05, 3.63) is 57.6 Å². The highest BCUT2D eigenvalue weighted by Crippen LogP contribution is 2.34. The van der Waals surface area contributed by atoms with E-state index < -0.39 is 11.7 Å². The molecule has 1 aliphatic heterocycles. The van der Waals surface area contributed by atoms with Gasteiger partial charge in [-0.25, -0.2) is 0 Å². The van der Waals surface area contributed by atoms with E-state index in [4.69, 9.17) is 4.52 Å². The van der Waals surface area contributed by atoms with Crippen LogP contribution in [-0.4, -0.2) is 17.7 Å². The van der Waals surface area contributed by atoms with Gasteiger partial charge in [-0.2, -0.15) is 18.3 Å². The largest absolute Gasteiger partial charge is 0.416 e. The monoisotopic (exact) mass is 326 g/mol. The van der Waals surface area contributed by atoms with Crippen molar-refractivity contribution in [2.24, 2.45) is 0 Å². The summed E-state index contributed by atoms with van der Waals surface area (Å²) in [4.78, 5) is 11.2. The summed E-state index contributed by atoms with van der Waals surface area (Å²) >= 11 is 0. The Morgan fingerprint density at radius 1 is 1.26 bits per heavy atom. The molecule has 0 spiro atoms. The van der Waals surface area contributed by atoms with Gasteiger partial charge in [-0.15, -0.1) is 0 Å². The van der Waals surface area contributed by atoms with E-state index in [1.54, 1.807) is 6.07 Å². The number of rotatable bonds is 3. The second kappa shape index (κ2) is 6.23. The standard InChI is InChI=1S/C16H17F3N2O2/c17-16(18,19)13-4-2-1-3-10(13)7-12-8-11(5-6-20-12)14-9-15(22)21-23-14/h1-4,9,11-12,20H,5-8H2,(H,21,22)/t11-,12-/m1/s1. The van der Waals surface area contributed by atoms with Crippen molar-refractivity contribution in [1.82, 2.24) is 10.5 Å². The summed E-state index contributed by atoms with van der Waals surface area (Å²) < 4.78 is 44.4. The molecule has 3 rings (SSSR count). The Morgan fingerprint density at radius 3 is 2.74 bits per heavy atom. The van der Waals surface area contributed by atoms with Crippen LogP contribution in [0.1, 0.15) is 35.6 Å². The van der Waals surface area contributed by atoms with Gasteiger partial charge in [-0.1, -0.05) is 18.2 Å². The average molecular weight is 326 g/mol. The fraction of sp³-hybridized carbons (Fsp3) is 0.438. The third-order valence-corrected chi connectivity index (χ3v) is 4.23. The molecule has 124 valence electrons. The SMILES string of the molecule is O=c1cc([C@@H]2CCN[C@H](Cc3ccccc3C(F)(F)F)C2)o[nH]1. The minimum atomic E-state index is -4.35. The molecule has 0 unspecified atom stereocenters. The molecular weight excluding hydrogens is 309 g/mol. The Kier molecular flexibility index (Phi) is 4.30. The molecule has 2 heterocycles. The number of aromatic amines is 1. The van der Waals surface area contributed by atoms with Crippen LogP contribution in [0.4, 0.5) is 13.2 Å². The highest BCUT2D eigenvalue weighted by Gasteiger charge is 2.34. The maximum atomic E-state index is 13.1. The molecule has 0 saturated carbocycles. The zero-order valence-electron chi connectivity index (χ0n) is 12.3. The van der Waals surface area contributed by atoms with Gasteiger partial charge in [0.25, 0.3) is 5.56 Å². The Bertz CT molecular complexity index is 720. The smallest absolute Gasteiger partial charge is 0.383 e. The quantitative estimate of drug-likeness (QED) is 0.911. The van der Waals surface area contributed by atoms with Gasteiger partial charge < -0.3 is 9.84 Å². The number of piperidine rings is 1. The number of alkyl halides is 3. The second-order valence-electron chi connectivity index (χ2n) is 5.85. The third kappa shape index (κ3) is 3.67. The molecule has 0 aliphatic carbocycles. The minimum Gasteiger partial charge on any atom is -0.383 e. The van der Waals surface area contributed by atoms with Crippen LogP contribution in [0, 0.1) is 0 Å². The Labute approximate surface area is 130 Å². The van der Waals surface area contributed by atoms with Crippen molar-refractivity contribution < 1.29 is 17.7 Å². The van der Waals surface area contributed by atoms with Crippen LogP contribution >= 0.6 is 0 Å². The number of hydrogen-bond donors (Lipinski definition) is 2. The van der Waals surface area contributed by atoms with Gasteiger partial charge in [0.2, 0.25) is 0 Å². The Balaban J connectivity index is 1.75. The lowest BCUT2D eigenvalue weighted by molar-refractivity contribution is -0.138. The van der Waals surface area contributed by atoms with Gasteiger partial charge >= 0.3 is 6.18 Å². The summed E-state index contributed by atoms with van der Waals surface area (Å²) in [5, 5.41) is 5.52. The molecule has 0 bridgehead atoms.